The summed E-state index contributed by atoms with van der Waals surface area (Å²) in [5, 5.41) is 14.7. The minimum atomic E-state index is -1.40. The summed E-state index contributed by atoms with van der Waals surface area (Å²) in [5.74, 6) is -3.94. The summed E-state index contributed by atoms with van der Waals surface area (Å²) < 4.78 is 19.1. The van der Waals surface area contributed by atoms with E-state index in [-0.39, 0.29) is 34.9 Å². The molecule has 0 aliphatic rings. The number of likely N-dealkylation sites (N-methyl/N-ethyl adjacent to an activating group) is 1. The van der Waals surface area contributed by atoms with Crippen molar-refractivity contribution in [2.24, 2.45) is 0 Å². The summed E-state index contributed by atoms with van der Waals surface area (Å²) >= 11 is 0. The van der Waals surface area contributed by atoms with Crippen LogP contribution in [-0.2, 0) is 22.6 Å². The van der Waals surface area contributed by atoms with Crippen molar-refractivity contribution < 1.29 is 28.6 Å². The van der Waals surface area contributed by atoms with E-state index >= 15 is 0 Å². The lowest BCUT2D eigenvalue weighted by Crippen LogP contribution is -2.33. The number of rotatable bonds is 7. The number of ether oxygens (including phenoxy) is 1. The second kappa shape index (κ2) is 10.6. The maximum absolute atomic E-state index is 13.3. The summed E-state index contributed by atoms with van der Waals surface area (Å²) in [7, 11) is 1.29. The molecule has 10 heteroatoms. The van der Waals surface area contributed by atoms with Gasteiger partial charge in [0.15, 0.2) is 11.4 Å². The zero-order chi connectivity index (χ0) is 25.7. The number of nitrogens with one attached hydrogen (secondary N) is 2. The number of nitrogens with zero attached hydrogens (tertiary/aromatic N) is 2. The van der Waals surface area contributed by atoms with Crippen LogP contribution in [0.3, 0.4) is 0 Å². The second-order valence-corrected chi connectivity index (χ2v) is 7.79. The van der Waals surface area contributed by atoms with Crippen molar-refractivity contribution in [3.8, 4) is 5.75 Å². The molecule has 0 aliphatic carbocycles. The van der Waals surface area contributed by atoms with Crippen molar-refractivity contribution >= 4 is 34.5 Å². The SMILES string of the molecule is CNC(=O)C(=O)Nc1nc(C(=O)O)c(OCc2ccccc2)c2ncc(Cc3ccc(F)cc3)cc12. The zero-order valence-electron chi connectivity index (χ0n) is 19.1. The van der Waals surface area contributed by atoms with Gasteiger partial charge in [-0.05, 0) is 41.3 Å². The predicted octanol–water partition coefficient (Wildman–Crippen LogP) is 3.32. The Morgan fingerprint density at radius 2 is 1.69 bits per heavy atom. The van der Waals surface area contributed by atoms with E-state index in [0.717, 1.165) is 11.1 Å². The van der Waals surface area contributed by atoms with Gasteiger partial charge in [-0.3, -0.25) is 14.6 Å². The molecule has 2 amide bonds. The van der Waals surface area contributed by atoms with Gasteiger partial charge in [0.05, 0.1) is 0 Å². The number of pyridine rings is 2. The first-order chi connectivity index (χ1) is 17.4. The minimum Gasteiger partial charge on any atom is -0.484 e. The van der Waals surface area contributed by atoms with Gasteiger partial charge in [0.2, 0.25) is 0 Å². The van der Waals surface area contributed by atoms with Gasteiger partial charge in [-0.2, -0.15) is 0 Å². The number of hydrogen-bond acceptors (Lipinski definition) is 6. The smallest absolute Gasteiger partial charge is 0.358 e. The number of carboxylic acid groups (broad SMARTS) is 1. The minimum absolute atomic E-state index is 0.0564. The molecular weight excluding hydrogens is 467 g/mol. The van der Waals surface area contributed by atoms with Crippen LogP contribution in [0.1, 0.15) is 27.2 Å². The number of halogens is 1. The van der Waals surface area contributed by atoms with E-state index in [1.165, 1.54) is 25.4 Å². The van der Waals surface area contributed by atoms with E-state index in [1.54, 1.807) is 18.2 Å². The van der Waals surface area contributed by atoms with Gasteiger partial charge in [0.1, 0.15) is 23.8 Å². The van der Waals surface area contributed by atoms with Gasteiger partial charge >= 0.3 is 17.8 Å². The summed E-state index contributed by atoms with van der Waals surface area (Å²) in [4.78, 5) is 44.6. The highest BCUT2D eigenvalue weighted by Gasteiger charge is 2.24. The Bertz CT molecular complexity index is 1440. The Morgan fingerprint density at radius 3 is 2.36 bits per heavy atom. The van der Waals surface area contributed by atoms with Crippen molar-refractivity contribution in [2.75, 3.05) is 12.4 Å². The van der Waals surface area contributed by atoms with Crippen LogP contribution in [0.4, 0.5) is 10.2 Å². The van der Waals surface area contributed by atoms with Gasteiger partial charge in [0.25, 0.3) is 0 Å². The number of carbonyl (C=O) groups excluding carboxylic acids is 2. The Balaban J connectivity index is 1.82. The van der Waals surface area contributed by atoms with Crippen molar-refractivity contribution in [3.63, 3.8) is 0 Å². The van der Waals surface area contributed by atoms with E-state index < -0.39 is 23.5 Å². The van der Waals surface area contributed by atoms with Crippen LogP contribution in [0, 0.1) is 5.82 Å². The average molecular weight is 488 g/mol. The van der Waals surface area contributed by atoms with Crippen LogP contribution in [0.5, 0.6) is 5.75 Å². The second-order valence-electron chi connectivity index (χ2n) is 7.79. The standard InChI is InChI=1S/C26H21FN4O5/c1-28-24(32)25(33)31-23-19-12-17(11-15-7-9-18(27)10-8-15)13-29-20(19)22(21(30-23)26(34)35)36-14-16-5-3-2-4-6-16/h2-10,12-13H,11,14H2,1H3,(H,28,32)(H,34,35)(H,30,31,33). The third-order valence-electron chi connectivity index (χ3n) is 5.27. The molecular formula is C26H21FN4O5. The first-order valence-corrected chi connectivity index (χ1v) is 10.9. The fourth-order valence-electron chi connectivity index (χ4n) is 3.52. The van der Waals surface area contributed by atoms with Crippen LogP contribution in [0.25, 0.3) is 10.9 Å². The monoisotopic (exact) mass is 488 g/mol. The molecule has 4 aromatic rings. The van der Waals surface area contributed by atoms with Crippen LogP contribution >= 0.6 is 0 Å². The average Bonchev–Trinajstić information content (AvgIpc) is 2.89. The number of amides is 2. The van der Waals surface area contributed by atoms with E-state index in [0.29, 0.717) is 12.0 Å². The number of hydrogen-bond donors (Lipinski definition) is 3. The topological polar surface area (TPSA) is 131 Å². The highest BCUT2D eigenvalue weighted by Crippen LogP contribution is 2.33. The Labute approximate surface area is 205 Å². The molecule has 2 aromatic carbocycles. The lowest BCUT2D eigenvalue weighted by atomic mass is 10.0. The third kappa shape index (κ3) is 5.44. The first-order valence-electron chi connectivity index (χ1n) is 10.9. The third-order valence-corrected chi connectivity index (χ3v) is 5.27. The molecule has 0 aliphatic heterocycles. The number of fused-ring (bicyclic) bond motifs is 1. The molecule has 182 valence electrons. The zero-order valence-corrected chi connectivity index (χ0v) is 19.1. The molecule has 0 spiro atoms. The Morgan fingerprint density at radius 1 is 0.972 bits per heavy atom. The number of carboxylic acids is 1. The number of anilines is 1. The Kier molecular flexibility index (Phi) is 7.15. The van der Waals surface area contributed by atoms with Gasteiger partial charge in [0, 0.05) is 18.6 Å². The molecule has 0 saturated heterocycles. The maximum atomic E-state index is 13.3. The highest BCUT2D eigenvalue weighted by molar-refractivity contribution is 6.40. The molecule has 0 saturated carbocycles. The molecule has 3 N–H and O–H groups in total. The van der Waals surface area contributed by atoms with Gasteiger partial charge in [-0.1, -0.05) is 42.5 Å². The molecule has 0 unspecified atom stereocenters. The normalized spacial score (nSPS) is 10.6. The molecule has 4 rings (SSSR count). The number of aromatic carboxylic acids is 1. The van der Waals surface area contributed by atoms with Gasteiger partial charge in [-0.15, -0.1) is 0 Å². The van der Waals surface area contributed by atoms with Crippen LogP contribution < -0.4 is 15.4 Å². The molecule has 0 fully saturated rings. The summed E-state index contributed by atoms with van der Waals surface area (Å²) in [6, 6.07) is 16.8. The van der Waals surface area contributed by atoms with Gasteiger partial charge < -0.3 is 20.5 Å². The molecule has 2 heterocycles. The van der Waals surface area contributed by atoms with E-state index in [1.807, 2.05) is 30.3 Å². The summed E-state index contributed by atoms with van der Waals surface area (Å²) in [5.41, 5.74) is 1.97. The van der Waals surface area contributed by atoms with Crippen molar-refractivity contribution in [1.29, 1.82) is 0 Å². The fourth-order valence-corrected chi connectivity index (χ4v) is 3.52. The van der Waals surface area contributed by atoms with E-state index in [9.17, 15) is 23.9 Å². The highest BCUT2D eigenvalue weighted by atomic mass is 19.1. The molecule has 0 radical (unpaired) electrons. The van der Waals surface area contributed by atoms with Crippen LogP contribution in [0.15, 0.2) is 66.9 Å². The molecule has 0 bridgehead atoms. The van der Waals surface area contributed by atoms with Crippen LogP contribution in [-0.4, -0.2) is 39.9 Å². The number of carbonyl (C=O) groups is 3. The van der Waals surface area contributed by atoms with Crippen molar-refractivity contribution in [1.82, 2.24) is 15.3 Å². The van der Waals surface area contributed by atoms with Crippen molar-refractivity contribution in [3.05, 3.63) is 95.1 Å². The van der Waals surface area contributed by atoms with Crippen molar-refractivity contribution in [2.45, 2.75) is 13.0 Å². The number of benzene rings is 2. The molecule has 9 nitrogen and oxygen atoms in total. The fraction of sp³-hybridized carbons (Fsp3) is 0.115. The van der Waals surface area contributed by atoms with E-state index in [2.05, 4.69) is 20.6 Å². The first kappa shape index (κ1) is 24.3. The summed E-state index contributed by atoms with van der Waals surface area (Å²) in [6.45, 7) is 0.0564. The molecule has 2 aromatic heterocycles. The van der Waals surface area contributed by atoms with E-state index in [4.69, 9.17) is 4.74 Å². The summed E-state index contributed by atoms with van der Waals surface area (Å²) in [6.07, 6.45) is 1.92. The molecule has 36 heavy (non-hydrogen) atoms. The van der Waals surface area contributed by atoms with Gasteiger partial charge in [-0.25, -0.2) is 14.2 Å². The largest absolute Gasteiger partial charge is 0.484 e. The quantitative estimate of drug-likeness (QED) is 0.340. The maximum Gasteiger partial charge on any atom is 0.358 e. The lowest BCUT2D eigenvalue weighted by molar-refractivity contribution is -0.135. The predicted molar refractivity (Wildman–Crippen MR) is 129 cm³/mol. The Hall–Kier alpha value is -4.86. The van der Waals surface area contributed by atoms with Crippen LogP contribution in [0.2, 0.25) is 0 Å². The molecule has 0 atom stereocenters. The number of aromatic nitrogens is 2. The lowest BCUT2D eigenvalue weighted by Gasteiger charge is -2.15.